The van der Waals surface area contributed by atoms with Crippen LogP contribution in [-0.2, 0) is 12.8 Å². The van der Waals surface area contributed by atoms with Gasteiger partial charge >= 0.3 is 0 Å². The van der Waals surface area contributed by atoms with Gasteiger partial charge in [0.25, 0.3) is 0 Å². The molecule has 1 aliphatic carbocycles. The van der Waals surface area contributed by atoms with E-state index in [1.807, 2.05) is 36.4 Å². The van der Waals surface area contributed by atoms with E-state index in [4.69, 9.17) is 9.47 Å². The van der Waals surface area contributed by atoms with E-state index < -0.39 is 6.10 Å². The summed E-state index contributed by atoms with van der Waals surface area (Å²) in [5.74, 6) is 1.76. The summed E-state index contributed by atoms with van der Waals surface area (Å²) in [6, 6.07) is 16.2. The Morgan fingerprint density at radius 1 is 1.15 bits per heavy atom. The Kier molecular flexibility index (Phi) is 8.23. The Morgan fingerprint density at radius 2 is 1.96 bits per heavy atom. The molecule has 0 heterocycles. The van der Waals surface area contributed by atoms with Crippen molar-refractivity contribution in [1.29, 1.82) is 0 Å². The van der Waals surface area contributed by atoms with Crippen molar-refractivity contribution < 1.29 is 14.6 Å². The van der Waals surface area contributed by atoms with Gasteiger partial charge in [-0.2, -0.15) is 0 Å². The Balaban J connectivity index is 0.00000243. The van der Waals surface area contributed by atoms with Crippen LogP contribution < -0.4 is 14.8 Å². The third kappa shape index (κ3) is 5.63. The first-order valence-electron chi connectivity index (χ1n) is 9.00. The zero-order valence-corrected chi connectivity index (χ0v) is 16.0. The molecule has 4 nitrogen and oxygen atoms in total. The van der Waals surface area contributed by atoms with Crippen LogP contribution >= 0.6 is 12.4 Å². The SMILES string of the molecule is COc1cccc2c1CC(NC[C@H](O)COc1ccccc1)CCC2.Cl. The summed E-state index contributed by atoms with van der Waals surface area (Å²) in [6.07, 6.45) is 3.75. The fourth-order valence-corrected chi connectivity index (χ4v) is 3.40. The number of hydrogen-bond donors (Lipinski definition) is 2. The van der Waals surface area contributed by atoms with Crippen LogP contribution in [0, 0.1) is 0 Å². The van der Waals surface area contributed by atoms with Gasteiger partial charge in [0.2, 0.25) is 0 Å². The number of fused-ring (bicyclic) bond motifs is 1. The average Bonchev–Trinajstić information content (AvgIpc) is 2.87. The van der Waals surface area contributed by atoms with Gasteiger partial charge in [-0.25, -0.2) is 0 Å². The average molecular weight is 378 g/mol. The molecule has 0 radical (unpaired) electrons. The fraction of sp³-hybridized carbons (Fsp3) is 0.429. The Morgan fingerprint density at radius 3 is 2.73 bits per heavy atom. The van der Waals surface area contributed by atoms with Crippen molar-refractivity contribution in [3.63, 3.8) is 0 Å². The van der Waals surface area contributed by atoms with Crippen LogP contribution in [0.3, 0.4) is 0 Å². The lowest BCUT2D eigenvalue weighted by Gasteiger charge is -2.20. The van der Waals surface area contributed by atoms with Gasteiger partial charge in [-0.1, -0.05) is 30.3 Å². The number of ether oxygens (including phenoxy) is 2. The highest BCUT2D eigenvalue weighted by Gasteiger charge is 2.20. The molecule has 0 aromatic heterocycles. The highest BCUT2D eigenvalue weighted by atomic mass is 35.5. The maximum Gasteiger partial charge on any atom is 0.122 e. The van der Waals surface area contributed by atoms with Gasteiger partial charge in [-0.3, -0.25) is 0 Å². The van der Waals surface area contributed by atoms with Crippen LogP contribution in [0.15, 0.2) is 48.5 Å². The van der Waals surface area contributed by atoms with Crippen molar-refractivity contribution in [2.24, 2.45) is 0 Å². The van der Waals surface area contributed by atoms with E-state index >= 15 is 0 Å². The Bertz CT molecular complexity index is 666. The minimum absolute atomic E-state index is 0. The quantitative estimate of drug-likeness (QED) is 0.726. The summed E-state index contributed by atoms with van der Waals surface area (Å²) in [6.45, 7) is 0.825. The van der Waals surface area contributed by atoms with E-state index in [9.17, 15) is 5.11 Å². The molecule has 0 aliphatic heterocycles. The van der Waals surface area contributed by atoms with E-state index in [1.165, 1.54) is 11.1 Å². The number of aryl methyl sites for hydroxylation is 1. The van der Waals surface area contributed by atoms with Crippen LogP contribution in [-0.4, -0.2) is 37.5 Å². The lowest BCUT2D eigenvalue weighted by Crippen LogP contribution is -2.39. The second-order valence-electron chi connectivity index (χ2n) is 6.58. The molecule has 1 unspecified atom stereocenters. The van der Waals surface area contributed by atoms with Crippen LogP contribution in [0.25, 0.3) is 0 Å². The fourth-order valence-electron chi connectivity index (χ4n) is 3.40. The molecule has 3 rings (SSSR count). The molecule has 2 atom stereocenters. The molecule has 1 aliphatic rings. The maximum atomic E-state index is 10.2. The van der Waals surface area contributed by atoms with E-state index in [0.717, 1.165) is 37.2 Å². The number of halogens is 1. The van der Waals surface area contributed by atoms with E-state index in [0.29, 0.717) is 19.2 Å². The highest BCUT2D eigenvalue weighted by Crippen LogP contribution is 2.28. The standard InChI is InChI=1S/C21H27NO3.ClH/c1-24-21-12-6-8-16-7-5-9-17(13-20(16)21)22-14-18(23)15-25-19-10-3-2-4-11-19;/h2-4,6,8,10-12,17-18,22-23H,5,7,9,13-15H2,1H3;1H/t17?,18-;/m0./s1. The first-order chi connectivity index (χ1) is 12.3. The van der Waals surface area contributed by atoms with Crippen molar-refractivity contribution in [2.75, 3.05) is 20.3 Å². The number of hydrogen-bond acceptors (Lipinski definition) is 4. The number of aliphatic hydroxyl groups is 1. The molecular formula is C21H28ClNO3. The topological polar surface area (TPSA) is 50.7 Å². The maximum absolute atomic E-state index is 10.2. The number of benzene rings is 2. The van der Waals surface area contributed by atoms with Gasteiger partial charge in [-0.05, 0) is 55.0 Å². The molecular weight excluding hydrogens is 350 g/mol. The molecule has 0 spiro atoms. The van der Waals surface area contributed by atoms with Crippen LogP contribution in [0.1, 0.15) is 24.0 Å². The largest absolute Gasteiger partial charge is 0.496 e. The lowest BCUT2D eigenvalue weighted by molar-refractivity contribution is 0.103. The number of nitrogens with one attached hydrogen (secondary N) is 1. The summed E-state index contributed by atoms with van der Waals surface area (Å²) >= 11 is 0. The third-order valence-electron chi connectivity index (χ3n) is 4.73. The number of aliphatic hydroxyl groups excluding tert-OH is 1. The van der Waals surface area contributed by atoms with E-state index in [-0.39, 0.29) is 12.4 Å². The van der Waals surface area contributed by atoms with E-state index in [2.05, 4.69) is 17.4 Å². The molecule has 2 aromatic rings. The smallest absolute Gasteiger partial charge is 0.122 e. The van der Waals surface area contributed by atoms with Gasteiger partial charge < -0.3 is 19.9 Å². The zero-order valence-electron chi connectivity index (χ0n) is 15.2. The summed E-state index contributed by atoms with van der Waals surface area (Å²) in [7, 11) is 1.73. The first-order valence-corrected chi connectivity index (χ1v) is 9.00. The zero-order chi connectivity index (χ0) is 17.5. The van der Waals surface area contributed by atoms with Crippen molar-refractivity contribution in [2.45, 2.75) is 37.8 Å². The predicted molar refractivity (Wildman–Crippen MR) is 107 cm³/mol. The minimum atomic E-state index is -0.527. The van der Waals surface area contributed by atoms with Crippen molar-refractivity contribution in [3.8, 4) is 11.5 Å². The molecule has 2 aromatic carbocycles. The molecule has 142 valence electrons. The minimum Gasteiger partial charge on any atom is -0.496 e. The monoisotopic (exact) mass is 377 g/mol. The molecule has 0 amide bonds. The number of methoxy groups -OCH3 is 1. The summed E-state index contributed by atoms with van der Waals surface area (Å²) in [5, 5.41) is 13.7. The molecule has 5 heteroatoms. The van der Waals surface area contributed by atoms with E-state index in [1.54, 1.807) is 7.11 Å². The van der Waals surface area contributed by atoms with Crippen LogP contribution in [0.5, 0.6) is 11.5 Å². The number of para-hydroxylation sites is 1. The van der Waals surface area contributed by atoms with Gasteiger partial charge in [0, 0.05) is 12.6 Å². The lowest BCUT2D eigenvalue weighted by atomic mass is 10.0. The number of rotatable bonds is 7. The molecule has 0 fully saturated rings. The third-order valence-corrected chi connectivity index (χ3v) is 4.73. The van der Waals surface area contributed by atoms with Gasteiger partial charge in [0.1, 0.15) is 24.2 Å². The van der Waals surface area contributed by atoms with Crippen LogP contribution in [0.4, 0.5) is 0 Å². The second-order valence-corrected chi connectivity index (χ2v) is 6.58. The van der Waals surface area contributed by atoms with Crippen molar-refractivity contribution in [3.05, 3.63) is 59.7 Å². The Hall–Kier alpha value is -1.75. The first kappa shape index (κ1) is 20.6. The normalized spacial score (nSPS) is 17.4. The summed E-state index contributed by atoms with van der Waals surface area (Å²) in [4.78, 5) is 0. The molecule has 0 saturated heterocycles. The van der Waals surface area contributed by atoms with Crippen molar-refractivity contribution in [1.82, 2.24) is 5.32 Å². The molecule has 0 bridgehead atoms. The summed E-state index contributed by atoms with van der Waals surface area (Å²) < 4.78 is 11.1. The molecule has 0 saturated carbocycles. The Labute approximate surface area is 161 Å². The highest BCUT2D eigenvalue weighted by molar-refractivity contribution is 5.85. The van der Waals surface area contributed by atoms with Gasteiger partial charge in [-0.15, -0.1) is 12.4 Å². The molecule has 26 heavy (non-hydrogen) atoms. The predicted octanol–water partition coefficient (Wildman–Crippen LogP) is 3.39. The van der Waals surface area contributed by atoms with Gasteiger partial charge in [0.05, 0.1) is 7.11 Å². The van der Waals surface area contributed by atoms with Crippen LogP contribution in [0.2, 0.25) is 0 Å². The van der Waals surface area contributed by atoms with Crippen molar-refractivity contribution >= 4 is 12.4 Å². The molecule has 2 N–H and O–H groups in total. The van der Waals surface area contributed by atoms with Gasteiger partial charge in [0.15, 0.2) is 0 Å². The second kappa shape index (κ2) is 10.4. The summed E-state index contributed by atoms with van der Waals surface area (Å²) in [5.41, 5.74) is 2.69.